The molecule has 4 rings (SSSR count). The fourth-order valence-corrected chi connectivity index (χ4v) is 3.62. The molecule has 3 aromatic rings. The number of urea groups is 1. The molecule has 11 heteroatoms. The number of rotatable bonds is 3. The molecule has 0 saturated carbocycles. The molecule has 6 nitrogen and oxygen atoms in total. The Morgan fingerprint density at radius 3 is 2.77 bits per heavy atom. The minimum absolute atomic E-state index is 0.0222. The summed E-state index contributed by atoms with van der Waals surface area (Å²) in [5.41, 5.74) is 0.159. The lowest BCUT2D eigenvalue weighted by molar-refractivity contribution is -0.137. The van der Waals surface area contributed by atoms with E-state index in [1.165, 1.54) is 18.2 Å². The first-order valence-electron chi connectivity index (χ1n) is 9.02. The molecule has 158 valence electrons. The van der Waals surface area contributed by atoms with Crippen molar-refractivity contribution in [3.63, 3.8) is 0 Å². The van der Waals surface area contributed by atoms with Gasteiger partial charge >= 0.3 is 12.2 Å². The van der Waals surface area contributed by atoms with Crippen molar-refractivity contribution in [2.45, 2.75) is 24.7 Å². The minimum atomic E-state index is -4.62. The van der Waals surface area contributed by atoms with Gasteiger partial charge in [-0.15, -0.1) is 0 Å². The van der Waals surface area contributed by atoms with Crippen LogP contribution in [0.15, 0.2) is 36.4 Å². The van der Waals surface area contributed by atoms with Crippen LogP contribution in [0.25, 0.3) is 11.0 Å². The molecule has 1 aromatic heterocycles. The van der Waals surface area contributed by atoms with E-state index in [1.807, 2.05) is 0 Å². The first-order valence-corrected chi connectivity index (χ1v) is 9.39. The molecule has 2 unspecified atom stereocenters. The van der Waals surface area contributed by atoms with Crippen molar-refractivity contribution in [3.8, 4) is 0 Å². The van der Waals surface area contributed by atoms with Gasteiger partial charge in [0.2, 0.25) is 0 Å². The number of carbonyl (C=O) groups is 1. The molecule has 2 heterocycles. The number of aromatic nitrogens is 2. The monoisotopic (exact) mass is 441 g/mol. The van der Waals surface area contributed by atoms with Crippen molar-refractivity contribution >= 4 is 34.4 Å². The highest BCUT2D eigenvalue weighted by molar-refractivity contribution is 6.31. The minimum Gasteiger partial charge on any atom is -0.341 e. The quantitative estimate of drug-likeness (QED) is 0.448. The van der Waals surface area contributed by atoms with Gasteiger partial charge in [0.1, 0.15) is 11.6 Å². The topological polar surface area (TPSA) is 81.8 Å². The fraction of sp³-hybridized carbons (Fsp3) is 0.263. The predicted octanol–water partition coefficient (Wildman–Crippen LogP) is 4.60. The molecule has 0 radical (unpaired) electrons. The zero-order valence-electron chi connectivity index (χ0n) is 15.3. The molecule has 2 amide bonds. The van der Waals surface area contributed by atoms with Crippen molar-refractivity contribution < 1.29 is 22.4 Å². The fourth-order valence-electron chi connectivity index (χ4n) is 3.39. The highest BCUT2D eigenvalue weighted by Crippen LogP contribution is 2.36. The molecule has 1 aliphatic heterocycles. The third-order valence-electron chi connectivity index (χ3n) is 4.79. The Morgan fingerprint density at radius 2 is 2.00 bits per heavy atom. The van der Waals surface area contributed by atoms with Gasteiger partial charge in [0, 0.05) is 18.3 Å². The zero-order valence-corrected chi connectivity index (χ0v) is 16.0. The molecule has 2 atom stereocenters. The zero-order chi connectivity index (χ0) is 21.5. The summed E-state index contributed by atoms with van der Waals surface area (Å²) in [5, 5.41) is 7.87. The average molecular weight is 442 g/mol. The van der Waals surface area contributed by atoms with Gasteiger partial charge in [0.25, 0.3) is 0 Å². The second kappa shape index (κ2) is 7.77. The highest BCUT2D eigenvalue weighted by Gasteiger charge is 2.33. The van der Waals surface area contributed by atoms with E-state index in [2.05, 4.69) is 25.9 Å². The van der Waals surface area contributed by atoms with Gasteiger partial charge in [0.15, 0.2) is 0 Å². The Labute approximate surface area is 173 Å². The Bertz CT molecular complexity index is 1100. The Hall–Kier alpha value is -2.85. The van der Waals surface area contributed by atoms with Crippen molar-refractivity contribution in [1.82, 2.24) is 20.6 Å². The van der Waals surface area contributed by atoms with Crippen molar-refractivity contribution in [3.05, 3.63) is 58.6 Å². The van der Waals surface area contributed by atoms with E-state index in [0.717, 1.165) is 12.1 Å². The standard InChI is InChI=1S/C19H16ClF4N5O/c20-13-3-2-10(6-12(13)19(22,23)24)26-18(30)27-11-7-16(25-8-11)17-28-14-4-1-9(21)5-15(14)29-17/h1-6,11,16,25H,7-8H2,(H,28,29)(H2,26,27,30). The van der Waals surface area contributed by atoms with Crippen LogP contribution in [0.5, 0.6) is 0 Å². The number of carbonyl (C=O) groups excluding carboxylic acids is 1. The SMILES string of the molecule is O=C(Nc1ccc(Cl)c(C(F)(F)F)c1)NC1CNC(c2nc3ccc(F)cc3[nH]2)C1. The maximum Gasteiger partial charge on any atom is 0.417 e. The largest absolute Gasteiger partial charge is 0.417 e. The van der Waals surface area contributed by atoms with Crippen LogP contribution in [0.2, 0.25) is 5.02 Å². The molecule has 0 aliphatic carbocycles. The molecule has 30 heavy (non-hydrogen) atoms. The third kappa shape index (κ3) is 4.34. The normalized spacial score (nSPS) is 19.2. The smallest absolute Gasteiger partial charge is 0.341 e. The van der Waals surface area contributed by atoms with Crippen molar-refractivity contribution in [1.29, 1.82) is 0 Å². The van der Waals surface area contributed by atoms with Crippen LogP contribution in [-0.2, 0) is 6.18 Å². The van der Waals surface area contributed by atoms with Crippen LogP contribution in [0.1, 0.15) is 23.9 Å². The van der Waals surface area contributed by atoms with E-state index < -0.39 is 22.8 Å². The van der Waals surface area contributed by atoms with Crippen LogP contribution in [0.3, 0.4) is 0 Å². The second-order valence-electron chi connectivity index (χ2n) is 6.97. The number of amides is 2. The van der Waals surface area contributed by atoms with Crippen LogP contribution < -0.4 is 16.0 Å². The van der Waals surface area contributed by atoms with E-state index in [0.29, 0.717) is 29.8 Å². The summed E-state index contributed by atoms with van der Waals surface area (Å²) >= 11 is 5.58. The lowest BCUT2D eigenvalue weighted by atomic mass is 10.1. The molecule has 2 aromatic carbocycles. The summed E-state index contributed by atoms with van der Waals surface area (Å²) in [6.45, 7) is 0.442. The van der Waals surface area contributed by atoms with Crippen molar-refractivity contribution in [2.75, 3.05) is 11.9 Å². The molecule has 4 N–H and O–H groups in total. The molecular formula is C19H16ClF4N5O. The molecule has 1 saturated heterocycles. The summed E-state index contributed by atoms with van der Waals surface area (Å²) in [4.78, 5) is 19.7. The molecule has 1 aliphatic rings. The van der Waals surface area contributed by atoms with Gasteiger partial charge in [-0.05, 0) is 42.8 Å². The molecular weight excluding hydrogens is 426 g/mol. The van der Waals surface area contributed by atoms with Gasteiger partial charge in [0.05, 0.1) is 27.7 Å². The Kier molecular flexibility index (Phi) is 5.29. The summed E-state index contributed by atoms with van der Waals surface area (Å²) in [5.74, 6) is 0.247. The molecule has 1 fully saturated rings. The second-order valence-corrected chi connectivity index (χ2v) is 7.38. The lowest BCUT2D eigenvalue weighted by Gasteiger charge is -2.15. The van der Waals surface area contributed by atoms with Crippen LogP contribution in [-0.4, -0.2) is 28.6 Å². The van der Waals surface area contributed by atoms with E-state index in [1.54, 1.807) is 6.07 Å². The summed E-state index contributed by atoms with van der Waals surface area (Å²) in [6, 6.07) is 6.32. The Balaban J connectivity index is 1.38. The maximum absolute atomic E-state index is 13.3. The number of H-pyrrole nitrogens is 1. The number of imidazole rings is 1. The average Bonchev–Trinajstić information content (AvgIpc) is 3.28. The Morgan fingerprint density at radius 1 is 1.20 bits per heavy atom. The number of hydrogen-bond donors (Lipinski definition) is 4. The predicted molar refractivity (Wildman–Crippen MR) is 104 cm³/mol. The summed E-state index contributed by atoms with van der Waals surface area (Å²) in [7, 11) is 0. The lowest BCUT2D eigenvalue weighted by Crippen LogP contribution is -2.39. The first-order chi connectivity index (χ1) is 14.2. The highest BCUT2D eigenvalue weighted by atomic mass is 35.5. The number of halogens is 5. The summed E-state index contributed by atoms with van der Waals surface area (Å²) < 4.78 is 52.2. The third-order valence-corrected chi connectivity index (χ3v) is 5.12. The van der Waals surface area contributed by atoms with Gasteiger partial charge in [-0.25, -0.2) is 14.2 Å². The van der Waals surface area contributed by atoms with E-state index >= 15 is 0 Å². The number of nitrogens with zero attached hydrogens (tertiary/aromatic N) is 1. The van der Waals surface area contributed by atoms with E-state index in [9.17, 15) is 22.4 Å². The van der Waals surface area contributed by atoms with Gasteiger partial charge in [-0.3, -0.25) is 0 Å². The number of aromatic amines is 1. The van der Waals surface area contributed by atoms with E-state index in [-0.39, 0.29) is 23.6 Å². The summed E-state index contributed by atoms with van der Waals surface area (Å²) in [6.07, 6.45) is -4.12. The number of alkyl halides is 3. The number of benzene rings is 2. The molecule has 0 bridgehead atoms. The van der Waals surface area contributed by atoms with Crippen molar-refractivity contribution in [2.24, 2.45) is 0 Å². The number of anilines is 1. The van der Waals surface area contributed by atoms with Crippen LogP contribution in [0, 0.1) is 5.82 Å². The number of hydrogen-bond acceptors (Lipinski definition) is 3. The number of nitrogens with one attached hydrogen (secondary N) is 4. The number of fused-ring (bicyclic) bond motifs is 1. The van der Waals surface area contributed by atoms with Crippen LogP contribution >= 0.6 is 11.6 Å². The maximum atomic E-state index is 13.3. The van der Waals surface area contributed by atoms with Gasteiger partial charge < -0.3 is 20.9 Å². The van der Waals surface area contributed by atoms with Crippen LogP contribution in [0.4, 0.5) is 28.0 Å². The first kappa shape index (κ1) is 20.4. The molecule has 0 spiro atoms. The van der Waals surface area contributed by atoms with Gasteiger partial charge in [-0.1, -0.05) is 11.6 Å². The van der Waals surface area contributed by atoms with Gasteiger partial charge in [-0.2, -0.15) is 13.2 Å². The van der Waals surface area contributed by atoms with E-state index in [4.69, 9.17) is 11.6 Å².